The van der Waals surface area contributed by atoms with Crippen molar-refractivity contribution in [2.24, 2.45) is 33.7 Å². The third kappa shape index (κ3) is 4.73. The minimum absolute atomic E-state index is 0.131. The standard InChI is InChI=1S/C30H41FN4O7/c1-16(2)26(41)33-13-24(39)32-14-25(40)35-34-19-8-9-27(4)18(11-19)6-7-20-21-10-17(3)30(42,23(38)15-36)28(21,5)12-22(37)29(20,27)31/h8-9,11,17,20-22,36-37,42H,1,6-7,10,12-15H2,2-5H3,(H,32,39)(H,33,41)(H,35,40)/b34-19+/t17-,20+,21+,22+,27+,28+,29+,30+/m1/s1. The molecule has 3 fully saturated rings. The van der Waals surface area contributed by atoms with Crippen molar-refractivity contribution in [3.63, 3.8) is 0 Å². The van der Waals surface area contributed by atoms with Gasteiger partial charge < -0.3 is 26.0 Å². The van der Waals surface area contributed by atoms with Gasteiger partial charge in [0.05, 0.1) is 24.9 Å². The maximum atomic E-state index is 17.4. The number of alkyl halides is 1. The second-order valence-corrected chi connectivity index (χ2v) is 12.7. The van der Waals surface area contributed by atoms with E-state index in [0.717, 1.165) is 0 Å². The molecule has 0 saturated heterocycles. The molecular formula is C30H41FN4O7. The highest BCUT2D eigenvalue weighted by molar-refractivity contribution is 6.06. The predicted octanol–water partition coefficient (Wildman–Crippen LogP) is 0.607. The number of ketones is 1. The molecule has 11 nitrogen and oxygen atoms in total. The molecular weight excluding hydrogens is 547 g/mol. The molecule has 230 valence electrons. The summed E-state index contributed by atoms with van der Waals surface area (Å²) >= 11 is 0. The fourth-order valence-corrected chi connectivity index (χ4v) is 8.06. The average Bonchev–Trinajstić information content (AvgIpc) is 3.15. The minimum atomic E-state index is -2.08. The molecule has 3 saturated carbocycles. The first-order chi connectivity index (χ1) is 19.6. The second-order valence-electron chi connectivity index (χ2n) is 12.7. The molecule has 6 N–H and O–H groups in total. The Labute approximate surface area is 244 Å². The number of hydrogen-bond donors (Lipinski definition) is 6. The molecule has 12 heteroatoms. The van der Waals surface area contributed by atoms with Gasteiger partial charge in [0.2, 0.25) is 11.8 Å². The zero-order chi connectivity index (χ0) is 31.3. The molecule has 0 heterocycles. The van der Waals surface area contributed by atoms with Gasteiger partial charge in [-0.15, -0.1) is 0 Å². The number of nitrogens with zero attached hydrogens (tertiary/aromatic N) is 1. The third-order valence-electron chi connectivity index (χ3n) is 10.4. The Morgan fingerprint density at radius 3 is 2.45 bits per heavy atom. The molecule has 4 aliphatic carbocycles. The molecule has 0 aromatic heterocycles. The average molecular weight is 589 g/mol. The van der Waals surface area contributed by atoms with E-state index >= 15 is 4.39 Å². The Morgan fingerprint density at radius 1 is 1.14 bits per heavy atom. The predicted molar refractivity (Wildman–Crippen MR) is 151 cm³/mol. The first kappa shape index (κ1) is 31.7. The molecule has 0 unspecified atom stereocenters. The topological polar surface area (TPSA) is 177 Å². The number of Topliss-reactive ketones (excluding diaryl/α,β-unsaturated/α-hetero) is 1. The van der Waals surface area contributed by atoms with Crippen LogP contribution in [0.5, 0.6) is 0 Å². The molecule has 42 heavy (non-hydrogen) atoms. The summed E-state index contributed by atoms with van der Waals surface area (Å²) < 4.78 is 17.4. The fraction of sp³-hybridized carbons (Fsp3) is 0.633. The number of aliphatic hydroxyl groups excluding tert-OH is 2. The number of hydrazone groups is 1. The van der Waals surface area contributed by atoms with Crippen LogP contribution >= 0.6 is 0 Å². The van der Waals surface area contributed by atoms with Crippen LogP contribution in [-0.2, 0) is 19.2 Å². The normalized spacial score (nSPS) is 39.3. The Morgan fingerprint density at radius 2 is 1.81 bits per heavy atom. The second kappa shape index (κ2) is 11.1. The van der Waals surface area contributed by atoms with Crippen molar-refractivity contribution < 1.29 is 38.9 Å². The van der Waals surface area contributed by atoms with Gasteiger partial charge in [-0.3, -0.25) is 19.2 Å². The SMILES string of the molecule is C=C(C)C(=O)NCC(=O)NCC(=O)N/N=C1\C=C[C@@]2(C)C(=C1)CC[C@H]1[C@@H]3C[C@@H](C)[C@](O)(C(=O)CO)[C@@]3(C)C[C@H](O)[C@@]12F. The largest absolute Gasteiger partial charge is 0.390 e. The van der Waals surface area contributed by atoms with Crippen LogP contribution in [0.3, 0.4) is 0 Å². The summed E-state index contributed by atoms with van der Waals surface area (Å²) in [4.78, 5) is 48.3. The van der Waals surface area contributed by atoms with Crippen molar-refractivity contribution >= 4 is 29.2 Å². The van der Waals surface area contributed by atoms with Crippen LogP contribution in [0.15, 0.2) is 41.1 Å². The smallest absolute Gasteiger partial charge is 0.259 e. The maximum Gasteiger partial charge on any atom is 0.259 e. The number of hydrogen-bond acceptors (Lipinski definition) is 8. The van der Waals surface area contributed by atoms with E-state index < -0.39 is 70.2 Å². The third-order valence-corrected chi connectivity index (χ3v) is 10.4. The molecule has 4 aliphatic rings. The number of rotatable bonds is 8. The van der Waals surface area contributed by atoms with E-state index in [1.54, 1.807) is 39.0 Å². The molecule has 0 bridgehead atoms. The van der Waals surface area contributed by atoms with Gasteiger partial charge in [-0.1, -0.05) is 32.1 Å². The molecule has 4 rings (SSSR count). The highest BCUT2D eigenvalue weighted by Gasteiger charge is 2.75. The molecule has 0 aromatic carbocycles. The van der Waals surface area contributed by atoms with Gasteiger partial charge in [0.25, 0.3) is 5.91 Å². The molecule has 0 radical (unpaired) electrons. The van der Waals surface area contributed by atoms with Crippen molar-refractivity contribution in [1.82, 2.24) is 16.1 Å². The summed E-state index contributed by atoms with van der Waals surface area (Å²) in [5, 5.41) is 41.4. The van der Waals surface area contributed by atoms with Crippen molar-refractivity contribution in [2.45, 2.75) is 70.8 Å². The van der Waals surface area contributed by atoms with Crippen LogP contribution in [0.2, 0.25) is 0 Å². The number of amides is 3. The van der Waals surface area contributed by atoms with E-state index in [1.165, 1.54) is 6.92 Å². The number of fused-ring (bicyclic) bond motifs is 5. The number of nitrogens with one attached hydrogen (secondary N) is 3. The number of allylic oxidation sites excluding steroid dienone is 4. The Kier molecular flexibility index (Phi) is 8.40. The van der Waals surface area contributed by atoms with Gasteiger partial charge in [-0.25, -0.2) is 9.82 Å². The molecule has 8 atom stereocenters. The minimum Gasteiger partial charge on any atom is -0.390 e. The zero-order valence-corrected chi connectivity index (χ0v) is 24.5. The van der Waals surface area contributed by atoms with Crippen molar-refractivity contribution in [3.05, 3.63) is 36.0 Å². The van der Waals surface area contributed by atoms with Gasteiger partial charge >= 0.3 is 0 Å². The van der Waals surface area contributed by atoms with E-state index in [1.807, 2.05) is 0 Å². The van der Waals surface area contributed by atoms with Crippen molar-refractivity contribution in [2.75, 3.05) is 19.7 Å². The van der Waals surface area contributed by atoms with Crippen molar-refractivity contribution in [1.29, 1.82) is 0 Å². The molecule has 0 aromatic rings. The number of carbonyl (C=O) groups excluding carboxylic acids is 4. The van der Waals surface area contributed by atoms with Gasteiger partial charge in [0.15, 0.2) is 11.5 Å². The Hall–Kier alpha value is -3.22. The van der Waals surface area contributed by atoms with E-state index in [-0.39, 0.29) is 31.0 Å². The number of carbonyl (C=O) groups is 4. The molecule has 0 aliphatic heterocycles. The zero-order valence-electron chi connectivity index (χ0n) is 24.5. The lowest BCUT2D eigenvalue weighted by Crippen LogP contribution is -2.69. The van der Waals surface area contributed by atoms with Gasteiger partial charge in [-0.2, -0.15) is 5.10 Å². The first-order valence-corrected chi connectivity index (χ1v) is 14.3. The maximum absolute atomic E-state index is 17.4. The Balaban J connectivity index is 1.46. The molecule has 3 amide bonds. The lowest BCUT2D eigenvalue weighted by atomic mass is 9.44. The van der Waals surface area contributed by atoms with Crippen LogP contribution in [-0.4, -0.2) is 81.6 Å². The fourth-order valence-electron chi connectivity index (χ4n) is 8.06. The summed E-state index contributed by atoms with van der Waals surface area (Å²) in [6.07, 6.45) is 4.57. The highest BCUT2D eigenvalue weighted by Crippen LogP contribution is 2.70. The van der Waals surface area contributed by atoms with E-state index in [4.69, 9.17) is 0 Å². The van der Waals surface area contributed by atoms with Crippen LogP contribution in [0.25, 0.3) is 0 Å². The van der Waals surface area contributed by atoms with Crippen LogP contribution in [0.4, 0.5) is 4.39 Å². The van der Waals surface area contributed by atoms with Gasteiger partial charge in [-0.05, 0) is 63.5 Å². The highest BCUT2D eigenvalue weighted by atomic mass is 19.1. The monoisotopic (exact) mass is 588 g/mol. The first-order valence-electron chi connectivity index (χ1n) is 14.3. The van der Waals surface area contributed by atoms with Crippen LogP contribution in [0, 0.1) is 28.6 Å². The van der Waals surface area contributed by atoms with Gasteiger partial charge in [0, 0.05) is 22.3 Å². The summed E-state index contributed by atoms with van der Waals surface area (Å²) in [5.41, 5.74) is -2.55. The number of halogens is 1. The quantitative estimate of drug-likeness (QED) is 0.178. The summed E-state index contributed by atoms with van der Waals surface area (Å²) in [6, 6.07) is 0. The number of aliphatic hydroxyl groups is 3. The van der Waals surface area contributed by atoms with Crippen molar-refractivity contribution in [3.8, 4) is 0 Å². The summed E-state index contributed by atoms with van der Waals surface area (Å²) in [5.74, 6) is -3.86. The summed E-state index contributed by atoms with van der Waals surface area (Å²) in [7, 11) is 0. The van der Waals surface area contributed by atoms with Crippen LogP contribution in [0.1, 0.15) is 53.4 Å². The van der Waals surface area contributed by atoms with E-state index in [0.29, 0.717) is 30.5 Å². The van der Waals surface area contributed by atoms with Crippen LogP contribution < -0.4 is 16.1 Å². The lowest BCUT2D eigenvalue weighted by molar-refractivity contribution is -0.219. The van der Waals surface area contributed by atoms with E-state index in [2.05, 4.69) is 27.7 Å². The van der Waals surface area contributed by atoms with E-state index in [9.17, 15) is 34.5 Å². The Bertz CT molecular complexity index is 1300. The van der Waals surface area contributed by atoms with Gasteiger partial charge in [0.1, 0.15) is 12.2 Å². The molecule has 0 spiro atoms. The lowest BCUT2D eigenvalue weighted by Gasteiger charge is -2.62. The summed E-state index contributed by atoms with van der Waals surface area (Å²) in [6.45, 7) is 8.67.